The molecule has 0 spiro atoms. The molecule has 0 bridgehead atoms. The van der Waals surface area contributed by atoms with E-state index in [4.69, 9.17) is 0 Å². The molecule has 43 heavy (non-hydrogen) atoms. The fourth-order valence-corrected chi connectivity index (χ4v) is 9.33. The number of anilines is 3. The second kappa shape index (κ2) is 14.2. The molecule has 0 radical (unpaired) electrons. The van der Waals surface area contributed by atoms with Crippen molar-refractivity contribution < 1.29 is 18.3 Å². The number of carboxylic acids is 1. The van der Waals surface area contributed by atoms with E-state index in [0.29, 0.717) is 30.7 Å². The lowest BCUT2D eigenvalue weighted by Gasteiger charge is -2.46. The Labute approximate surface area is 262 Å². The van der Waals surface area contributed by atoms with Crippen molar-refractivity contribution in [2.24, 2.45) is 0 Å². The van der Waals surface area contributed by atoms with Crippen LogP contribution in [0.15, 0.2) is 77.7 Å². The van der Waals surface area contributed by atoms with E-state index in [2.05, 4.69) is 30.9 Å². The molecule has 0 amide bonds. The maximum absolute atomic E-state index is 15.2. The smallest absolute Gasteiger partial charge is 0.313 e. The number of carboxylic acid groups (broad SMARTS) is 1. The van der Waals surface area contributed by atoms with Crippen LogP contribution in [-0.2, 0) is 26.9 Å². The standard InChI is InChI=1S/C33H44BN3O4S2/c1-6-8-19-33(7-2)25-36(28-17-13-10-14-18-28)30-21-29(35(4)5)27(23-42-24-32(38)39)20-31(30)43(40,41)37(33)34(3)22-26-15-11-9-12-16-26/h9-18,20-21H,6-8,19,22-25H2,1-5H3,(H,38,39). The fourth-order valence-electron chi connectivity index (χ4n) is 6.33. The largest absolute Gasteiger partial charge is 0.481 e. The summed E-state index contributed by atoms with van der Waals surface area (Å²) in [5.74, 6) is -0.552. The molecule has 1 N–H and O–H groups in total. The van der Waals surface area contributed by atoms with E-state index in [9.17, 15) is 9.90 Å². The normalized spacial score (nSPS) is 18.1. The van der Waals surface area contributed by atoms with Crippen LogP contribution in [0.5, 0.6) is 0 Å². The molecule has 4 rings (SSSR count). The number of hydrogen-bond acceptors (Lipinski definition) is 6. The monoisotopic (exact) mass is 621 g/mol. The third-order valence-electron chi connectivity index (χ3n) is 8.37. The highest BCUT2D eigenvalue weighted by molar-refractivity contribution is 7.99. The third kappa shape index (κ3) is 7.24. The van der Waals surface area contributed by atoms with E-state index in [0.717, 1.165) is 41.8 Å². The molecule has 3 aromatic rings. The first-order chi connectivity index (χ1) is 20.5. The van der Waals surface area contributed by atoms with Gasteiger partial charge in [-0.25, -0.2) is 12.6 Å². The molecule has 1 aliphatic rings. The molecule has 1 aliphatic heterocycles. The van der Waals surface area contributed by atoms with Gasteiger partial charge in [0, 0.05) is 43.3 Å². The average molecular weight is 622 g/mol. The summed E-state index contributed by atoms with van der Waals surface area (Å²) in [4.78, 5) is 15.8. The predicted molar refractivity (Wildman–Crippen MR) is 181 cm³/mol. The summed E-state index contributed by atoms with van der Waals surface area (Å²) >= 11 is 1.28. The third-order valence-corrected chi connectivity index (χ3v) is 11.5. The van der Waals surface area contributed by atoms with Crippen molar-refractivity contribution in [2.45, 2.75) is 68.9 Å². The Hall–Kier alpha value is -2.95. The second-order valence-electron chi connectivity index (χ2n) is 11.7. The molecule has 1 atom stereocenters. The Morgan fingerprint density at radius 3 is 2.28 bits per heavy atom. The van der Waals surface area contributed by atoms with Crippen LogP contribution in [0.3, 0.4) is 0 Å². The Morgan fingerprint density at radius 2 is 1.70 bits per heavy atom. The van der Waals surface area contributed by atoms with Crippen LogP contribution in [0.4, 0.5) is 17.1 Å². The van der Waals surface area contributed by atoms with Gasteiger partial charge in [-0.1, -0.05) is 87.6 Å². The highest BCUT2D eigenvalue weighted by Gasteiger charge is 2.50. The zero-order chi connectivity index (χ0) is 31.2. The molecule has 230 valence electrons. The molecule has 0 saturated heterocycles. The maximum Gasteiger partial charge on any atom is 0.313 e. The molecule has 7 nitrogen and oxygen atoms in total. The number of para-hydroxylation sites is 1. The van der Waals surface area contributed by atoms with Gasteiger partial charge in [-0.05, 0) is 49.0 Å². The molecule has 0 fully saturated rings. The number of nitrogens with zero attached hydrogens (tertiary/aromatic N) is 3. The van der Waals surface area contributed by atoms with Crippen molar-refractivity contribution in [3.05, 3.63) is 83.9 Å². The van der Waals surface area contributed by atoms with E-state index < -0.39 is 21.5 Å². The van der Waals surface area contributed by atoms with Gasteiger partial charge in [-0.15, -0.1) is 11.8 Å². The van der Waals surface area contributed by atoms with E-state index >= 15 is 8.42 Å². The van der Waals surface area contributed by atoms with E-state index in [-0.39, 0.29) is 17.5 Å². The SMILES string of the molecule is CCCCC1(CC)CN(c2ccccc2)c2cc(N(C)C)c(CSCC(=O)O)cc2S(=O)(=O)N1B(C)Cc1ccccc1. The molecule has 0 aliphatic carbocycles. The summed E-state index contributed by atoms with van der Waals surface area (Å²) in [6, 6.07) is 24.0. The fraction of sp³-hybridized carbons (Fsp3) is 0.424. The van der Waals surface area contributed by atoms with Crippen LogP contribution >= 0.6 is 11.8 Å². The molecule has 1 heterocycles. The first kappa shape index (κ1) is 33.0. The van der Waals surface area contributed by atoms with Gasteiger partial charge in [0.2, 0.25) is 16.9 Å². The van der Waals surface area contributed by atoms with E-state index in [1.807, 2.05) is 84.6 Å². The lowest BCUT2D eigenvalue weighted by Crippen LogP contribution is -2.60. The van der Waals surface area contributed by atoms with Crippen molar-refractivity contribution in [2.75, 3.05) is 36.2 Å². The minimum Gasteiger partial charge on any atom is -0.481 e. The summed E-state index contributed by atoms with van der Waals surface area (Å²) in [6.45, 7) is 6.55. The van der Waals surface area contributed by atoms with Crippen molar-refractivity contribution >= 4 is 51.7 Å². The second-order valence-corrected chi connectivity index (χ2v) is 14.4. The Balaban J connectivity index is 1.99. The summed E-state index contributed by atoms with van der Waals surface area (Å²) in [5.41, 5.74) is 3.75. The maximum atomic E-state index is 15.2. The van der Waals surface area contributed by atoms with Crippen LogP contribution < -0.4 is 9.80 Å². The Kier molecular flexibility index (Phi) is 10.9. The van der Waals surface area contributed by atoms with Crippen LogP contribution in [0, 0.1) is 0 Å². The Morgan fingerprint density at radius 1 is 1.05 bits per heavy atom. The van der Waals surface area contributed by atoms with Gasteiger partial charge in [-0.3, -0.25) is 4.79 Å². The van der Waals surface area contributed by atoms with Crippen molar-refractivity contribution in [1.29, 1.82) is 0 Å². The lowest BCUT2D eigenvalue weighted by molar-refractivity contribution is -0.133. The van der Waals surface area contributed by atoms with Gasteiger partial charge in [0.1, 0.15) is 4.90 Å². The number of sulfonamides is 1. The molecule has 1 unspecified atom stereocenters. The molecular weight excluding hydrogens is 577 g/mol. The van der Waals surface area contributed by atoms with E-state index in [1.165, 1.54) is 11.8 Å². The predicted octanol–water partition coefficient (Wildman–Crippen LogP) is 6.96. The first-order valence-electron chi connectivity index (χ1n) is 15.1. The number of benzene rings is 3. The van der Waals surface area contributed by atoms with Crippen molar-refractivity contribution in [3.63, 3.8) is 0 Å². The van der Waals surface area contributed by atoms with Gasteiger partial charge in [0.15, 0.2) is 0 Å². The number of fused-ring (bicyclic) bond motifs is 1. The molecular formula is C33H44BN3O4S2. The number of thioether (sulfide) groups is 1. The number of aliphatic carboxylic acids is 1. The van der Waals surface area contributed by atoms with E-state index in [1.54, 1.807) is 6.07 Å². The zero-order valence-corrected chi connectivity index (χ0v) is 27.6. The molecule has 0 aromatic heterocycles. The summed E-state index contributed by atoms with van der Waals surface area (Å²) in [5, 5.41) is 9.28. The number of hydrogen-bond donors (Lipinski definition) is 1. The number of carbonyl (C=O) groups is 1. The quantitative estimate of drug-likeness (QED) is 0.207. The van der Waals surface area contributed by atoms with Gasteiger partial charge in [-0.2, -0.15) is 0 Å². The highest BCUT2D eigenvalue weighted by atomic mass is 32.2. The zero-order valence-electron chi connectivity index (χ0n) is 26.0. The molecule has 0 saturated carbocycles. The average Bonchev–Trinajstić information content (AvgIpc) is 3.06. The molecule has 3 aromatic carbocycles. The highest BCUT2D eigenvalue weighted by Crippen LogP contribution is 2.47. The van der Waals surface area contributed by atoms with Gasteiger partial charge in [0.05, 0.1) is 11.4 Å². The topological polar surface area (TPSA) is 81.2 Å². The summed E-state index contributed by atoms with van der Waals surface area (Å²) < 4.78 is 32.2. The summed E-state index contributed by atoms with van der Waals surface area (Å²) in [6.07, 6.45) is 3.90. The Bertz CT molecular complexity index is 1490. The van der Waals surface area contributed by atoms with Gasteiger partial charge < -0.3 is 14.9 Å². The van der Waals surface area contributed by atoms with Crippen LogP contribution in [0.2, 0.25) is 6.82 Å². The van der Waals surface area contributed by atoms with Gasteiger partial charge in [0.25, 0.3) is 0 Å². The minimum atomic E-state index is -3.99. The van der Waals surface area contributed by atoms with Crippen LogP contribution in [-0.4, -0.2) is 62.5 Å². The molecule has 10 heteroatoms. The summed E-state index contributed by atoms with van der Waals surface area (Å²) in [7, 11) is -0.106. The minimum absolute atomic E-state index is 0.0525. The van der Waals surface area contributed by atoms with Crippen molar-refractivity contribution in [3.8, 4) is 0 Å². The van der Waals surface area contributed by atoms with Crippen LogP contribution in [0.25, 0.3) is 0 Å². The lowest BCUT2D eigenvalue weighted by atomic mass is 9.57. The first-order valence-corrected chi connectivity index (χ1v) is 17.7. The van der Waals surface area contributed by atoms with Crippen molar-refractivity contribution in [1.82, 2.24) is 4.22 Å². The van der Waals surface area contributed by atoms with Crippen LogP contribution in [0.1, 0.15) is 50.7 Å². The van der Waals surface area contributed by atoms with Gasteiger partial charge >= 0.3 is 5.97 Å². The number of rotatable bonds is 13. The number of unbranched alkanes of at least 4 members (excludes halogenated alkanes) is 1.